The quantitative estimate of drug-likeness (QED) is 0.548. The average Bonchev–Trinajstić information content (AvgIpc) is 3.33. The smallest absolute Gasteiger partial charge is 0.268 e. The number of aromatic nitrogens is 1. The van der Waals surface area contributed by atoms with Crippen LogP contribution in [-0.4, -0.2) is 59.7 Å². The van der Waals surface area contributed by atoms with Crippen molar-refractivity contribution in [3.63, 3.8) is 0 Å². The topological polar surface area (TPSA) is 94.7 Å². The van der Waals surface area contributed by atoms with Crippen LogP contribution < -0.4 is 5.32 Å². The van der Waals surface area contributed by atoms with E-state index in [-0.39, 0.29) is 18.6 Å². The number of halogens is 1. The third-order valence-electron chi connectivity index (χ3n) is 5.71. The molecule has 0 bridgehead atoms. The highest BCUT2D eigenvalue weighted by molar-refractivity contribution is 6.31. The number of carbonyl (C=O) groups is 2. The van der Waals surface area contributed by atoms with Crippen LogP contribution in [0, 0.1) is 0 Å². The lowest BCUT2D eigenvalue weighted by Crippen LogP contribution is -2.48. The number of aromatic amines is 1. The second-order valence-electron chi connectivity index (χ2n) is 7.76. The fourth-order valence-corrected chi connectivity index (χ4v) is 4.44. The molecule has 7 nitrogen and oxygen atoms in total. The van der Waals surface area contributed by atoms with Crippen LogP contribution in [0.25, 0.3) is 10.9 Å². The maximum atomic E-state index is 13.0. The number of carbonyl (C=O) groups excluding carboxylic acids is 2. The number of likely N-dealkylation sites (N-methyl/N-ethyl adjacent to an activating group) is 1. The van der Waals surface area contributed by atoms with Gasteiger partial charge in [-0.25, -0.2) is 0 Å². The number of ether oxygens (including phenoxy) is 1. The molecule has 1 aliphatic rings. The van der Waals surface area contributed by atoms with Gasteiger partial charge >= 0.3 is 0 Å². The van der Waals surface area contributed by atoms with E-state index in [4.69, 9.17) is 16.3 Å². The number of H-pyrrole nitrogens is 1. The largest absolute Gasteiger partial charge is 0.381 e. The number of fused-ring (bicyclic) bond motifs is 2. The van der Waals surface area contributed by atoms with Crippen molar-refractivity contribution in [2.75, 3.05) is 20.8 Å². The molecule has 0 aliphatic heterocycles. The number of hydrogen-bond acceptors (Lipinski definition) is 4. The van der Waals surface area contributed by atoms with Gasteiger partial charge in [0.25, 0.3) is 11.8 Å². The number of aliphatic hydroxyl groups excluding tert-OH is 1. The Morgan fingerprint density at radius 3 is 2.84 bits per heavy atom. The first kappa shape index (κ1) is 21.4. The Morgan fingerprint density at radius 1 is 1.29 bits per heavy atom. The van der Waals surface area contributed by atoms with Gasteiger partial charge in [0.15, 0.2) is 6.10 Å². The fraction of sp³-hybridized carbons (Fsp3) is 0.304. The molecule has 1 aliphatic carbocycles. The summed E-state index contributed by atoms with van der Waals surface area (Å²) in [6, 6.07) is 14.2. The number of hydrogen-bond donors (Lipinski definition) is 3. The van der Waals surface area contributed by atoms with Crippen molar-refractivity contribution in [1.82, 2.24) is 15.2 Å². The second kappa shape index (κ2) is 8.70. The van der Waals surface area contributed by atoms with Crippen LogP contribution in [0.1, 0.15) is 27.7 Å². The zero-order valence-electron chi connectivity index (χ0n) is 17.3. The van der Waals surface area contributed by atoms with Gasteiger partial charge in [0.1, 0.15) is 5.69 Å². The minimum Gasteiger partial charge on any atom is -0.381 e. The van der Waals surface area contributed by atoms with Gasteiger partial charge in [0.2, 0.25) is 0 Å². The predicted octanol–water partition coefficient (Wildman–Crippen LogP) is 2.68. The fourth-order valence-electron chi connectivity index (χ4n) is 4.26. The van der Waals surface area contributed by atoms with Crippen molar-refractivity contribution in [3.05, 3.63) is 70.4 Å². The molecule has 3 N–H and O–H groups in total. The molecule has 0 unspecified atom stereocenters. The number of amides is 2. The van der Waals surface area contributed by atoms with Crippen LogP contribution in [-0.2, 0) is 16.0 Å². The Labute approximate surface area is 185 Å². The zero-order chi connectivity index (χ0) is 22.1. The lowest BCUT2D eigenvalue weighted by Gasteiger charge is -2.32. The van der Waals surface area contributed by atoms with E-state index in [1.54, 1.807) is 25.2 Å². The van der Waals surface area contributed by atoms with E-state index in [0.717, 1.165) is 22.0 Å². The molecule has 0 radical (unpaired) electrons. The molecule has 3 aromatic rings. The number of benzene rings is 2. The molecule has 8 heteroatoms. The van der Waals surface area contributed by atoms with Crippen molar-refractivity contribution in [2.24, 2.45) is 0 Å². The van der Waals surface area contributed by atoms with E-state index < -0.39 is 18.1 Å². The summed E-state index contributed by atoms with van der Waals surface area (Å²) in [5, 5.41) is 14.6. The van der Waals surface area contributed by atoms with Crippen molar-refractivity contribution >= 4 is 34.3 Å². The first-order valence-corrected chi connectivity index (χ1v) is 10.4. The van der Waals surface area contributed by atoms with Gasteiger partial charge < -0.3 is 25.0 Å². The molecular formula is C23H24ClN3O4. The molecule has 3 atom stereocenters. The molecular weight excluding hydrogens is 418 g/mol. The molecule has 0 saturated heterocycles. The van der Waals surface area contributed by atoms with Crippen LogP contribution in [0.2, 0.25) is 5.02 Å². The molecule has 4 rings (SSSR count). The molecule has 0 fully saturated rings. The van der Waals surface area contributed by atoms with Crippen LogP contribution in [0.5, 0.6) is 0 Å². The van der Waals surface area contributed by atoms with Gasteiger partial charge in [-0.05, 0) is 41.8 Å². The first-order valence-electron chi connectivity index (χ1n) is 9.99. The predicted molar refractivity (Wildman–Crippen MR) is 118 cm³/mol. The Bertz CT molecular complexity index is 1130. The second-order valence-corrected chi connectivity index (χ2v) is 8.20. The Morgan fingerprint density at radius 2 is 2.06 bits per heavy atom. The highest BCUT2D eigenvalue weighted by atomic mass is 35.5. The number of nitrogens with zero attached hydrogens (tertiary/aromatic N) is 1. The molecule has 0 spiro atoms. The van der Waals surface area contributed by atoms with E-state index in [1.807, 2.05) is 30.3 Å². The van der Waals surface area contributed by atoms with Gasteiger partial charge in [-0.3, -0.25) is 9.59 Å². The van der Waals surface area contributed by atoms with E-state index in [0.29, 0.717) is 17.1 Å². The molecule has 1 aromatic heterocycles. The van der Waals surface area contributed by atoms with Gasteiger partial charge in [0.05, 0.1) is 18.7 Å². The number of rotatable bonds is 6. The minimum atomic E-state index is -1.27. The van der Waals surface area contributed by atoms with Gasteiger partial charge in [-0.15, -0.1) is 0 Å². The maximum Gasteiger partial charge on any atom is 0.268 e. The average molecular weight is 442 g/mol. The Balaban J connectivity index is 1.59. The van der Waals surface area contributed by atoms with Crippen LogP contribution >= 0.6 is 11.6 Å². The van der Waals surface area contributed by atoms with E-state index in [1.165, 1.54) is 12.0 Å². The SMILES string of the molecule is COC[C@H](O)C(=O)N(C)[C@@H]1c2ccccc2C[C@H]1NC(=O)c1cc2cc(Cl)ccc2[nH]1. The van der Waals surface area contributed by atoms with Crippen molar-refractivity contribution < 1.29 is 19.4 Å². The third kappa shape index (κ3) is 4.17. The molecule has 2 aromatic carbocycles. The van der Waals surface area contributed by atoms with Gasteiger partial charge in [-0.2, -0.15) is 0 Å². The van der Waals surface area contributed by atoms with Crippen molar-refractivity contribution in [2.45, 2.75) is 24.6 Å². The molecule has 162 valence electrons. The molecule has 31 heavy (non-hydrogen) atoms. The summed E-state index contributed by atoms with van der Waals surface area (Å²) < 4.78 is 4.91. The minimum absolute atomic E-state index is 0.0911. The summed E-state index contributed by atoms with van der Waals surface area (Å²) in [7, 11) is 3.07. The van der Waals surface area contributed by atoms with Crippen LogP contribution in [0.15, 0.2) is 48.5 Å². The van der Waals surface area contributed by atoms with E-state index in [9.17, 15) is 14.7 Å². The van der Waals surface area contributed by atoms with Crippen LogP contribution in [0.4, 0.5) is 0 Å². The number of aliphatic hydroxyl groups is 1. The lowest BCUT2D eigenvalue weighted by atomic mass is 10.0. The summed E-state index contributed by atoms with van der Waals surface area (Å²) in [5.74, 6) is -0.725. The molecule has 0 saturated carbocycles. The molecule has 1 heterocycles. The van der Waals surface area contributed by atoms with Crippen molar-refractivity contribution in [1.29, 1.82) is 0 Å². The first-order chi connectivity index (χ1) is 14.9. The third-order valence-corrected chi connectivity index (χ3v) is 5.95. The summed E-state index contributed by atoms with van der Waals surface area (Å²) in [4.78, 5) is 30.4. The maximum absolute atomic E-state index is 13.0. The van der Waals surface area contributed by atoms with Crippen molar-refractivity contribution in [3.8, 4) is 0 Å². The normalized spacial score (nSPS) is 18.6. The van der Waals surface area contributed by atoms with E-state index >= 15 is 0 Å². The van der Waals surface area contributed by atoms with Gasteiger partial charge in [-0.1, -0.05) is 35.9 Å². The Hall–Kier alpha value is -2.87. The standard InChI is InChI=1S/C23H24ClN3O4/c1-27(23(30)20(28)12-31-2)21-16-6-4-3-5-13(16)10-18(21)26-22(29)19-11-14-9-15(24)7-8-17(14)25-19/h3-9,11,18,20-21,25,28H,10,12H2,1-2H3,(H,26,29)/t18-,20+,21-/m1/s1. The number of nitrogens with one attached hydrogen (secondary N) is 2. The van der Waals surface area contributed by atoms with E-state index in [2.05, 4.69) is 10.3 Å². The highest BCUT2D eigenvalue weighted by Crippen LogP contribution is 2.36. The Kier molecular flexibility index (Phi) is 6.00. The zero-order valence-corrected chi connectivity index (χ0v) is 18.0. The molecule has 2 amide bonds. The monoisotopic (exact) mass is 441 g/mol. The number of methoxy groups -OCH3 is 1. The summed E-state index contributed by atoms with van der Waals surface area (Å²) >= 11 is 6.05. The lowest BCUT2D eigenvalue weighted by molar-refractivity contribution is -0.144. The van der Waals surface area contributed by atoms with Gasteiger partial charge in [0, 0.05) is 30.1 Å². The van der Waals surface area contributed by atoms with Crippen LogP contribution in [0.3, 0.4) is 0 Å². The summed E-state index contributed by atoms with van der Waals surface area (Å²) in [6.45, 7) is -0.0911. The highest BCUT2D eigenvalue weighted by Gasteiger charge is 2.39. The summed E-state index contributed by atoms with van der Waals surface area (Å²) in [5.41, 5.74) is 3.25. The summed E-state index contributed by atoms with van der Waals surface area (Å²) in [6.07, 6.45) is -0.686.